The molecule has 0 unspecified atom stereocenters. The van der Waals surface area contributed by atoms with Gasteiger partial charge in [0.15, 0.2) is 0 Å². The van der Waals surface area contributed by atoms with Crippen molar-refractivity contribution in [2.45, 2.75) is 19.3 Å². The van der Waals surface area contributed by atoms with Crippen LogP contribution in [0, 0.1) is 0 Å². The first-order valence-electron chi connectivity index (χ1n) is 17.0. The van der Waals surface area contributed by atoms with Crippen molar-refractivity contribution in [2.75, 3.05) is 4.90 Å². The van der Waals surface area contributed by atoms with Crippen molar-refractivity contribution in [2.24, 2.45) is 0 Å². The van der Waals surface area contributed by atoms with Gasteiger partial charge in [-0.1, -0.05) is 123 Å². The van der Waals surface area contributed by atoms with Gasteiger partial charge in [0.2, 0.25) is 0 Å². The number of hydrogen-bond acceptors (Lipinski definition) is 2. The van der Waals surface area contributed by atoms with Gasteiger partial charge in [-0.3, -0.25) is 0 Å². The fourth-order valence-electron chi connectivity index (χ4n) is 8.14. The van der Waals surface area contributed by atoms with Crippen LogP contribution in [0.25, 0.3) is 64.0 Å². The number of rotatable bonds is 4. The molecule has 1 aliphatic rings. The van der Waals surface area contributed by atoms with Crippen molar-refractivity contribution >= 4 is 70.1 Å². The molecule has 0 N–H and O–H groups in total. The van der Waals surface area contributed by atoms with E-state index in [1.165, 1.54) is 80.8 Å². The molecule has 1 heterocycles. The zero-order valence-corrected chi connectivity index (χ0v) is 28.3. The highest BCUT2D eigenvalue weighted by Crippen LogP contribution is 2.54. The highest BCUT2D eigenvalue weighted by molar-refractivity contribution is 7.25. The quantitative estimate of drug-likeness (QED) is 0.184. The Labute approximate surface area is 290 Å². The third kappa shape index (κ3) is 4.38. The van der Waals surface area contributed by atoms with Gasteiger partial charge in [0.05, 0.1) is 5.69 Å². The van der Waals surface area contributed by atoms with Crippen molar-refractivity contribution in [3.05, 3.63) is 175 Å². The summed E-state index contributed by atoms with van der Waals surface area (Å²) < 4.78 is 2.66. The number of benzene rings is 8. The van der Waals surface area contributed by atoms with Gasteiger partial charge >= 0.3 is 0 Å². The topological polar surface area (TPSA) is 3.24 Å². The molecule has 1 aliphatic carbocycles. The first kappa shape index (κ1) is 28.3. The molecule has 232 valence electrons. The highest BCUT2D eigenvalue weighted by atomic mass is 32.1. The van der Waals surface area contributed by atoms with Gasteiger partial charge in [-0.15, -0.1) is 11.3 Å². The summed E-state index contributed by atoms with van der Waals surface area (Å²) in [6.07, 6.45) is 0. The molecule has 10 rings (SSSR count). The second-order valence-corrected chi connectivity index (χ2v) is 14.9. The van der Waals surface area contributed by atoms with Gasteiger partial charge in [0, 0.05) is 42.5 Å². The van der Waals surface area contributed by atoms with Crippen LogP contribution in [0.1, 0.15) is 25.0 Å². The Morgan fingerprint density at radius 3 is 2.10 bits per heavy atom. The van der Waals surface area contributed by atoms with E-state index in [0.29, 0.717) is 0 Å². The van der Waals surface area contributed by atoms with E-state index in [9.17, 15) is 0 Å². The minimum absolute atomic E-state index is 0.0866. The molecule has 0 fully saturated rings. The van der Waals surface area contributed by atoms with Crippen LogP contribution < -0.4 is 4.90 Å². The molecular weight excluding hydrogens is 611 g/mol. The van der Waals surface area contributed by atoms with Crippen molar-refractivity contribution in [1.29, 1.82) is 0 Å². The smallest absolute Gasteiger partial charge is 0.0543 e. The molecule has 9 aromatic rings. The first-order valence-corrected chi connectivity index (χ1v) is 17.8. The Morgan fingerprint density at radius 1 is 0.449 bits per heavy atom. The van der Waals surface area contributed by atoms with Crippen LogP contribution in [-0.4, -0.2) is 0 Å². The molecule has 1 aromatic heterocycles. The maximum absolute atomic E-state index is 2.48. The number of nitrogens with zero attached hydrogens (tertiary/aromatic N) is 1. The summed E-state index contributed by atoms with van der Waals surface area (Å²) in [5.41, 5.74) is 11.2. The average Bonchev–Trinajstić information content (AvgIpc) is 3.62. The van der Waals surface area contributed by atoms with E-state index in [1.807, 2.05) is 11.3 Å². The lowest BCUT2D eigenvalue weighted by atomic mass is 9.82. The predicted octanol–water partition coefficient (Wildman–Crippen LogP) is 13.8. The number of hydrogen-bond donors (Lipinski definition) is 0. The molecule has 0 aliphatic heterocycles. The van der Waals surface area contributed by atoms with Crippen LogP contribution >= 0.6 is 11.3 Å². The highest BCUT2D eigenvalue weighted by Gasteiger charge is 2.37. The molecular formula is C47H33NS. The van der Waals surface area contributed by atoms with Crippen molar-refractivity contribution in [1.82, 2.24) is 0 Å². The fourth-order valence-corrected chi connectivity index (χ4v) is 9.27. The van der Waals surface area contributed by atoms with Crippen LogP contribution in [0.2, 0.25) is 0 Å². The second-order valence-electron chi connectivity index (χ2n) is 13.8. The van der Waals surface area contributed by atoms with Gasteiger partial charge in [-0.25, -0.2) is 0 Å². The molecule has 0 spiro atoms. The molecule has 0 amide bonds. The van der Waals surface area contributed by atoms with Gasteiger partial charge in [0.25, 0.3) is 0 Å². The average molecular weight is 644 g/mol. The Bertz CT molecular complexity index is 2770. The van der Waals surface area contributed by atoms with Gasteiger partial charge in [0.1, 0.15) is 0 Å². The standard InChI is InChI=1S/C47H33NS/c1-47(2)41-17-7-5-16-39(41)46-42(47)18-10-19-43(46)48(36-14-9-13-32(26-36)33-22-21-30-11-3-4-12-31(30)25-33)37-24-23-34-28-40-38-15-6-8-20-44(38)49-45(40)29-35(34)27-37/h3-29H,1-2H3. The monoisotopic (exact) mass is 643 g/mol. The largest absolute Gasteiger partial charge is 0.310 e. The molecule has 0 atom stereocenters. The van der Waals surface area contributed by atoms with Crippen LogP contribution in [-0.2, 0) is 5.41 Å². The van der Waals surface area contributed by atoms with Crippen LogP contribution in [0.3, 0.4) is 0 Å². The zero-order valence-electron chi connectivity index (χ0n) is 27.4. The Kier molecular flexibility index (Phi) is 6.16. The van der Waals surface area contributed by atoms with Crippen molar-refractivity contribution < 1.29 is 0 Å². The lowest BCUT2D eigenvalue weighted by Gasteiger charge is -2.29. The molecule has 49 heavy (non-hydrogen) atoms. The number of fused-ring (bicyclic) bond motifs is 8. The molecule has 1 nitrogen and oxygen atoms in total. The number of anilines is 3. The van der Waals surface area contributed by atoms with E-state index in [0.717, 1.165) is 11.4 Å². The van der Waals surface area contributed by atoms with Gasteiger partial charge < -0.3 is 4.90 Å². The summed E-state index contributed by atoms with van der Waals surface area (Å²) in [4.78, 5) is 2.48. The summed E-state index contributed by atoms with van der Waals surface area (Å²) in [6.45, 7) is 4.72. The fraction of sp³-hybridized carbons (Fsp3) is 0.0638. The van der Waals surface area contributed by atoms with Gasteiger partial charge in [-0.2, -0.15) is 0 Å². The maximum Gasteiger partial charge on any atom is 0.0543 e. The maximum atomic E-state index is 2.48. The van der Waals surface area contributed by atoms with Crippen LogP contribution in [0.4, 0.5) is 17.1 Å². The van der Waals surface area contributed by atoms with E-state index in [4.69, 9.17) is 0 Å². The van der Waals surface area contributed by atoms with E-state index in [2.05, 4.69) is 183 Å². The third-order valence-corrected chi connectivity index (χ3v) is 11.7. The first-order chi connectivity index (χ1) is 24.0. The molecule has 2 heteroatoms. The lowest BCUT2D eigenvalue weighted by molar-refractivity contribution is 0.660. The van der Waals surface area contributed by atoms with Crippen molar-refractivity contribution in [3.63, 3.8) is 0 Å². The molecule has 0 saturated carbocycles. The molecule has 0 bridgehead atoms. The van der Waals surface area contributed by atoms with E-state index in [-0.39, 0.29) is 5.41 Å². The predicted molar refractivity (Wildman–Crippen MR) is 212 cm³/mol. The van der Waals surface area contributed by atoms with E-state index < -0.39 is 0 Å². The number of thiophene rings is 1. The summed E-state index contributed by atoms with van der Waals surface area (Å²) in [6, 6.07) is 60.8. The summed E-state index contributed by atoms with van der Waals surface area (Å²) in [5, 5.41) is 7.69. The molecule has 0 saturated heterocycles. The Hall–Kier alpha value is -5.70. The summed E-state index contributed by atoms with van der Waals surface area (Å²) in [7, 11) is 0. The second kappa shape index (κ2) is 10.7. The van der Waals surface area contributed by atoms with E-state index >= 15 is 0 Å². The zero-order chi connectivity index (χ0) is 32.7. The van der Waals surface area contributed by atoms with Crippen LogP contribution in [0.5, 0.6) is 0 Å². The van der Waals surface area contributed by atoms with Gasteiger partial charge in [-0.05, 0) is 104 Å². The summed E-state index contributed by atoms with van der Waals surface area (Å²) >= 11 is 1.88. The van der Waals surface area contributed by atoms with Crippen molar-refractivity contribution in [3.8, 4) is 22.3 Å². The Balaban J connectivity index is 1.21. The minimum atomic E-state index is -0.0866. The molecule has 8 aromatic carbocycles. The Morgan fingerprint density at radius 2 is 1.16 bits per heavy atom. The SMILES string of the molecule is CC1(C)c2ccccc2-c2c(N(c3cccc(-c4ccc5ccccc5c4)c3)c3ccc4cc5c(cc4c3)sc3ccccc35)cccc21. The van der Waals surface area contributed by atoms with Crippen LogP contribution in [0.15, 0.2) is 164 Å². The summed E-state index contributed by atoms with van der Waals surface area (Å²) in [5.74, 6) is 0. The third-order valence-electron chi connectivity index (χ3n) is 10.6. The normalized spacial score (nSPS) is 13.3. The lowest BCUT2D eigenvalue weighted by Crippen LogP contribution is -2.16. The minimum Gasteiger partial charge on any atom is -0.310 e. The molecule has 0 radical (unpaired) electrons. The van der Waals surface area contributed by atoms with E-state index in [1.54, 1.807) is 0 Å².